The van der Waals surface area contributed by atoms with Crippen LogP contribution in [0.1, 0.15) is 6.92 Å². The average molecular weight is 323 g/mol. The van der Waals surface area contributed by atoms with Gasteiger partial charge in [0.1, 0.15) is 5.60 Å². The summed E-state index contributed by atoms with van der Waals surface area (Å²) in [4.78, 5) is 0.265. The fraction of sp³-hybridized carbons (Fsp3) is 0.375. The van der Waals surface area contributed by atoms with Crippen molar-refractivity contribution in [3.8, 4) is 0 Å². The number of nitrogens with one attached hydrogen (secondary N) is 1. The van der Waals surface area contributed by atoms with Crippen LogP contribution in [0.25, 0.3) is 10.8 Å². The largest absolute Gasteiger partial charge is 0.382 e. The topological polar surface area (TPSA) is 64.6 Å². The predicted octanol–water partition coefficient (Wildman–Crippen LogP) is 2.17. The summed E-state index contributed by atoms with van der Waals surface area (Å²) >= 11 is 0. The molecule has 1 N–H and O–H groups in total. The SMILES string of the molecule is COC[C@](C)(CNS(=O)(=O)c1cccc2ccccc12)OC. The molecule has 0 saturated heterocycles. The summed E-state index contributed by atoms with van der Waals surface area (Å²) in [5, 5.41) is 1.58. The van der Waals surface area contributed by atoms with Gasteiger partial charge in [-0.1, -0.05) is 36.4 Å². The lowest BCUT2D eigenvalue weighted by Gasteiger charge is -2.27. The predicted molar refractivity (Wildman–Crippen MR) is 86.4 cm³/mol. The molecule has 120 valence electrons. The van der Waals surface area contributed by atoms with Gasteiger partial charge in [0, 0.05) is 26.2 Å². The number of hydrogen-bond acceptors (Lipinski definition) is 4. The summed E-state index contributed by atoms with van der Waals surface area (Å²) in [6.07, 6.45) is 0. The number of sulfonamides is 1. The van der Waals surface area contributed by atoms with Gasteiger partial charge in [-0.2, -0.15) is 0 Å². The van der Waals surface area contributed by atoms with Crippen molar-refractivity contribution in [3.05, 3.63) is 42.5 Å². The van der Waals surface area contributed by atoms with Gasteiger partial charge in [0.15, 0.2) is 0 Å². The zero-order valence-electron chi connectivity index (χ0n) is 13.0. The molecule has 0 fully saturated rings. The van der Waals surface area contributed by atoms with E-state index in [1.54, 1.807) is 32.2 Å². The van der Waals surface area contributed by atoms with Crippen molar-refractivity contribution in [1.82, 2.24) is 4.72 Å². The third kappa shape index (κ3) is 3.64. The molecule has 2 aromatic rings. The Balaban J connectivity index is 2.30. The highest BCUT2D eigenvalue weighted by Crippen LogP contribution is 2.23. The van der Waals surface area contributed by atoms with Crippen molar-refractivity contribution in [2.24, 2.45) is 0 Å². The molecule has 2 aromatic carbocycles. The molecule has 0 aromatic heterocycles. The maximum atomic E-state index is 12.6. The molecular weight excluding hydrogens is 302 g/mol. The van der Waals surface area contributed by atoms with Crippen molar-refractivity contribution in [2.45, 2.75) is 17.4 Å². The molecule has 2 rings (SSSR count). The Labute approximate surface area is 131 Å². The van der Waals surface area contributed by atoms with Crippen molar-refractivity contribution in [2.75, 3.05) is 27.4 Å². The van der Waals surface area contributed by atoms with Gasteiger partial charge in [-0.25, -0.2) is 13.1 Å². The number of benzene rings is 2. The molecule has 0 bridgehead atoms. The highest BCUT2D eigenvalue weighted by atomic mass is 32.2. The van der Waals surface area contributed by atoms with E-state index in [1.807, 2.05) is 24.3 Å². The van der Waals surface area contributed by atoms with Crippen molar-refractivity contribution >= 4 is 20.8 Å². The molecule has 0 spiro atoms. The molecule has 0 amide bonds. The normalized spacial score (nSPS) is 14.9. The first-order chi connectivity index (χ1) is 10.4. The average Bonchev–Trinajstić information content (AvgIpc) is 2.53. The molecule has 0 saturated carbocycles. The van der Waals surface area contributed by atoms with Gasteiger partial charge >= 0.3 is 0 Å². The smallest absolute Gasteiger partial charge is 0.241 e. The third-order valence-electron chi connectivity index (χ3n) is 3.62. The summed E-state index contributed by atoms with van der Waals surface area (Å²) in [6.45, 7) is 2.21. The minimum atomic E-state index is -3.63. The van der Waals surface area contributed by atoms with Gasteiger partial charge in [0.05, 0.1) is 11.5 Å². The van der Waals surface area contributed by atoms with Crippen LogP contribution >= 0.6 is 0 Å². The van der Waals surface area contributed by atoms with E-state index in [-0.39, 0.29) is 11.4 Å². The highest BCUT2D eigenvalue weighted by Gasteiger charge is 2.27. The van der Waals surface area contributed by atoms with Crippen LogP contribution in [0.4, 0.5) is 0 Å². The second kappa shape index (κ2) is 6.75. The molecular formula is C16H21NO4S. The number of ether oxygens (including phenoxy) is 2. The van der Waals surface area contributed by atoms with Crippen LogP contribution in [0.5, 0.6) is 0 Å². The van der Waals surface area contributed by atoms with E-state index in [0.29, 0.717) is 12.0 Å². The van der Waals surface area contributed by atoms with Crippen LogP contribution in [0.15, 0.2) is 47.4 Å². The fourth-order valence-electron chi connectivity index (χ4n) is 2.24. The Hall–Kier alpha value is -1.47. The first kappa shape index (κ1) is 16.9. The van der Waals surface area contributed by atoms with E-state index in [2.05, 4.69) is 4.72 Å². The number of methoxy groups -OCH3 is 2. The van der Waals surface area contributed by atoms with Crippen molar-refractivity contribution < 1.29 is 17.9 Å². The fourth-order valence-corrected chi connectivity index (χ4v) is 3.63. The van der Waals surface area contributed by atoms with Crippen molar-refractivity contribution in [1.29, 1.82) is 0 Å². The van der Waals surface area contributed by atoms with E-state index < -0.39 is 15.6 Å². The monoisotopic (exact) mass is 323 g/mol. The van der Waals surface area contributed by atoms with Gasteiger partial charge in [0.2, 0.25) is 10.0 Å². The lowest BCUT2D eigenvalue weighted by Crippen LogP contribution is -2.45. The van der Waals surface area contributed by atoms with Gasteiger partial charge in [-0.05, 0) is 18.4 Å². The van der Waals surface area contributed by atoms with Crippen LogP contribution in [0, 0.1) is 0 Å². The first-order valence-corrected chi connectivity index (χ1v) is 8.42. The van der Waals surface area contributed by atoms with E-state index >= 15 is 0 Å². The van der Waals surface area contributed by atoms with E-state index in [1.165, 1.54) is 7.11 Å². The van der Waals surface area contributed by atoms with Crippen molar-refractivity contribution in [3.63, 3.8) is 0 Å². The second-order valence-electron chi connectivity index (χ2n) is 5.39. The molecule has 1 atom stereocenters. The Morgan fingerprint density at radius 1 is 1.09 bits per heavy atom. The molecule has 0 heterocycles. The van der Waals surface area contributed by atoms with Crippen LogP contribution < -0.4 is 4.72 Å². The van der Waals surface area contributed by atoms with Gasteiger partial charge in [-0.3, -0.25) is 0 Å². The van der Waals surface area contributed by atoms with Crippen LogP contribution in [0.2, 0.25) is 0 Å². The van der Waals surface area contributed by atoms with Crippen LogP contribution in [-0.4, -0.2) is 41.4 Å². The summed E-state index contributed by atoms with van der Waals surface area (Å²) in [5.41, 5.74) is -0.716. The Morgan fingerprint density at radius 2 is 1.77 bits per heavy atom. The van der Waals surface area contributed by atoms with E-state index in [0.717, 1.165) is 5.39 Å². The lowest BCUT2D eigenvalue weighted by atomic mass is 10.1. The zero-order chi connectivity index (χ0) is 16.2. The lowest BCUT2D eigenvalue weighted by molar-refractivity contribution is -0.0460. The first-order valence-electron chi connectivity index (χ1n) is 6.93. The molecule has 0 radical (unpaired) electrons. The number of rotatable bonds is 7. The van der Waals surface area contributed by atoms with Gasteiger partial charge < -0.3 is 9.47 Å². The quantitative estimate of drug-likeness (QED) is 0.848. The number of fused-ring (bicyclic) bond motifs is 1. The second-order valence-corrected chi connectivity index (χ2v) is 7.12. The molecule has 0 unspecified atom stereocenters. The standard InChI is InChI=1S/C16H21NO4S/c1-16(21-3,12-20-2)11-17-22(18,19)15-10-6-8-13-7-4-5-9-14(13)15/h4-10,17H,11-12H2,1-3H3/t16-/m0/s1. The minimum Gasteiger partial charge on any atom is -0.382 e. The van der Waals surface area contributed by atoms with Gasteiger partial charge in [-0.15, -0.1) is 0 Å². The Morgan fingerprint density at radius 3 is 2.45 bits per heavy atom. The molecule has 0 aliphatic rings. The molecule has 0 aliphatic carbocycles. The molecule has 0 aliphatic heterocycles. The Bertz CT molecular complexity index is 739. The molecule has 5 nitrogen and oxygen atoms in total. The summed E-state index contributed by atoms with van der Waals surface area (Å²) < 4.78 is 38.2. The molecule has 6 heteroatoms. The van der Waals surface area contributed by atoms with Crippen LogP contribution in [0.3, 0.4) is 0 Å². The third-order valence-corrected chi connectivity index (χ3v) is 5.08. The van der Waals surface area contributed by atoms with E-state index in [9.17, 15) is 8.42 Å². The minimum absolute atomic E-state index is 0.128. The Kier molecular flexibility index (Phi) is 5.18. The maximum Gasteiger partial charge on any atom is 0.241 e. The highest BCUT2D eigenvalue weighted by molar-refractivity contribution is 7.89. The van der Waals surface area contributed by atoms with E-state index in [4.69, 9.17) is 9.47 Å². The number of hydrogen-bond donors (Lipinski definition) is 1. The summed E-state index contributed by atoms with van der Waals surface area (Å²) in [7, 11) is -0.549. The zero-order valence-corrected chi connectivity index (χ0v) is 13.8. The van der Waals surface area contributed by atoms with Crippen LogP contribution in [-0.2, 0) is 19.5 Å². The summed E-state index contributed by atoms with van der Waals surface area (Å²) in [6, 6.07) is 12.6. The molecule has 22 heavy (non-hydrogen) atoms. The van der Waals surface area contributed by atoms with Gasteiger partial charge in [0.25, 0.3) is 0 Å². The summed E-state index contributed by atoms with van der Waals surface area (Å²) in [5.74, 6) is 0. The maximum absolute atomic E-state index is 12.6.